The Labute approximate surface area is 154 Å². The monoisotopic (exact) mass is 359 g/mol. The molecule has 0 bridgehead atoms. The normalized spacial score (nSPS) is 20.7. The summed E-state index contributed by atoms with van der Waals surface area (Å²) in [7, 11) is 0. The highest BCUT2D eigenvalue weighted by atomic mass is 16.3. The average Bonchev–Trinajstić information content (AvgIpc) is 3.21. The van der Waals surface area contributed by atoms with E-state index in [0.717, 1.165) is 57.3 Å². The van der Waals surface area contributed by atoms with Crippen molar-refractivity contribution in [1.82, 2.24) is 34.3 Å². The highest BCUT2D eigenvalue weighted by Crippen LogP contribution is 2.16. The van der Waals surface area contributed by atoms with Crippen molar-refractivity contribution in [3.05, 3.63) is 30.1 Å². The Morgan fingerprint density at radius 1 is 0.962 bits per heavy atom. The molecule has 2 aromatic heterocycles. The molecule has 2 aliphatic rings. The van der Waals surface area contributed by atoms with Crippen molar-refractivity contribution < 1.29 is 5.11 Å². The Hall–Kier alpha value is -1.77. The molecule has 0 spiro atoms. The third kappa shape index (κ3) is 4.31. The van der Waals surface area contributed by atoms with Crippen LogP contribution < -0.4 is 0 Å². The molecule has 0 aromatic carbocycles. The second kappa shape index (κ2) is 8.28. The molecule has 1 saturated heterocycles. The minimum Gasteiger partial charge on any atom is -0.390 e. The number of aliphatic hydroxyl groups excluding tert-OH is 1. The lowest BCUT2D eigenvalue weighted by molar-refractivity contribution is 0.0595. The summed E-state index contributed by atoms with van der Waals surface area (Å²) in [5, 5.41) is 23.3. The molecule has 0 amide bonds. The number of β-amino-alcohol motifs (C(OH)–C–C–N with tert-alkyl or cyclic N) is 1. The van der Waals surface area contributed by atoms with Crippen LogP contribution in [0.1, 0.15) is 30.9 Å². The van der Waals surface area contributed by atoms with E-state index >= 15 is 0 Å². The molecule has 1 N–H and O–H groups in total. The van der Waals surface area contributed by atoms with Crippen molar-refractivity contribution in [2.45, 2.75) is 51.4 Å². The number of fused-ring (bicyclic) bond motifs is 1. The maximum atomic E-state index is 10.3. The van der Waals surface area contributed by atoms with Crippen molar-refractivity contribution >= 4 is 0 Å². The summed E-state index contributed by atoms with van der Waals surface area (Å²) in [4.78, 5) is 4.80. The van der Waals surface area contributed by atoms with Gasteiger partial charge in [-0.3, -0.25) is 14.5 Å². The van der Waals surface area contributed by atoms with Crippen molar-refractivity contribution in [3.63, 3.8) is 0 Å². The fourth-order valence-corrected chi connectivity index (χ4v) is 3.97. The summed E-state index contributed by atoms with van der Waals surface area (Å²) in [5.41, 5.74) is 0. The third-order valence-electron chi connectivity index (χ3n) is 5.44. The van der Waals surface area contributed by atoms with Crippen molar-refractivity contribution in [2.24, 2.45) is 0 Å². The lowest BCUT2D eigenvalue weighted by Crippen LogP contribution is -2.48. The van der Waals surface area contributed by atoms with Gasteiger partial charge in [0.05, 0.1) is 19.2 Å². The predicted molar refractivity (Wildman–Crippen MR) is 97.5 cm³/mol. The van der Waals surface area contributed by atoms with Crippen LogP contribution >= 0.6 is 0 Å². The molecule has 0 radical (unpaired) electrons. The van der Waals surface area contributed by atoms with Gasteiger partial charge in [0.15, 0.2) is 0 Å². The van der Waals surface area contributed by atoms with E-state index in [1.165, 1.54) is 19.3 Å². The summed E-state index contributed by atoms with van der Waals surface area (Å²) in [5.74, 6) is 2.28. The second-order valence-corrected chi connectivity index (χ2v) is 7.45. The first-order valence-electron chi connectivity index (χ1n) is 9.79. The Balaban J connectivity index is 1.24. The number of nitrogens with zero attached hydrogens (tertiary/aromatic N) is 7. The largest absolute Gasteiger partial charge is 0.390 e. The quantitative estimate of drug-likeness (QED) is 0.804. The van der Waals surface area contributed by atoms with E-state index in [2.05, 4.69) is 29.7 Å². The molecule has 2 aromatic rings. The lowest BCUT2D eigenvalue weighted by Gasteiger charge is -2.35. The number of aromatic nitrogens is 5. The van der Waals surface area contributed by atoms with Crippen LogP contribution in [-0.4, -0.2) is 78.3 Å². The molecular formula is C18H29N7O. The van der Waals surface area contributed by atoms with Crippen LogP contribution in [0.2, 0.25) is 0 Å². The van der Waals surface area contributed by atoms with Crippen LogP contribution in [0.4, 0.5) is 0 Å². The predicted octanol–water partition coefficient (Wildman–Crippen LogP) is 0.380. The van der Waals surface area contributed by atoms with Crippen molar-refractivity contribution in [1.29, 1.82) is 0 Å². The van der Waals surface area contributed by atoms with Gasteiger partial charge in [0.1, 0.15) is 11.6 Å². The van der Waals surface area contributed by atoms with Crippen LogP contribution in [0.5, 0.6) is 0 Å². The number of hydrogen-bond acceptors (Lipinski definition) is 6. The first-order valence-corrected chi connectivity index (χ1v) is 9.79. The summed E-state index contributed by atoms with van der Waals surface area (Å²) >= 11 is 0. The SMILES string of the molecule is O[C@H](CN1CCN(Cc2nnc3n2CCCCC3)CC1)Cn1cccn1. The Kier molecular flexibility index (Phi) is 5.62. The Morgan fingerprint density at radius 3 is 2.62 bits per heavy atom. The third-order valence-corrected chi connectivity index (χ3v) is 5.44. The standard InChI is InChI=1S/C18H29N7O/c26-16(14-24-7-4-6-19-24)13-22-9-11-23(12-10-22)15-18-21-20-17-5-2-1-3-8-25(17)18/h4,6-7,16,26H,1-3,5,8-15H2/t16-/m1/s1. The van der Waals surface area contributed by atoms with Gasteiger partial charge in [-0.05, 0) is 18.9 Å². The van der Waals surface area contributed by atoms with E-state index in [1.807, 2.05) is 12.3 Å². The summed E-state index contributed by atoms with van der Waals surface area (Å²) < 4.78 is 4.13. The molecule has 4 heterocycles. The van der Waals surface area contributed by atoms with Gasteiger partial charge in [0.2, 0.25) is 0 Å². The molecule has 2 aliphatic heterocycles. The molecule has 142 valence electrons. The van der Waals surface area contributed by atoms with E-state index in [9.17, 15) is 5.11 Å². The molecule has 1 atom stereocenters. The number of aliphatic hydroxyl groups is 1. The van der Waals surface area contributed by atoms with Gasteiger partial charge in [-0.25, -0.2) is 0 Å². The lowest BCUT2D eigenvalue weighted by atomic mass is 10.2. The van der Waals surface area contributed by atoms with Crippen LogP contribution in [0, 0.1) is 0 Å². The van der Waals surface area contributed by atoms with Crippen LogP contribution in [-0.2, 0) is 26.1 Å². The van der Waals surface area contributed by atoms with E-state index in [0.29, 0.717) is 13.1 Å². The molecule has 0 unspecified atom stereocenters. The topological polar surface area (TPSA) is 75.2 Å². The van der Waals surface area contributed by atoms with E-state index in [4.69, 9.17) is 0 Å². The molecule has 0 saturated carbocycles. The van der Waals surface area contributed by atoms with E-state index < -0.39 is 0 Å². The van der Waals surface area contributed by atoms with Crippen molar-refractivity contribution in [3.8, 4) is 0 Å². The summed E-state index contributed by atoms with van der Waals surface area (Å²) in [6, 6.07) is 1.89. The average molecular weight is 359 g/mol. The fourth-order valence-electron chi connectivity index (χ4n) is 3.97. The minimum absolute atomic E-state index is 0.381. The van der Waals surface area contributed by atoms with E-state index in [1.54, 1.807) is 10.9 Å². The van der Waals surface area contributed by atoms with Crippen LogP contribution in [0.25, 0.3) is 0 Å². The van der Waals surface area contributed by atoms with Crippen LogP contribution in [0.3, 0.4) is 0 Å². The van der Waals surface area contributed by atoms with Gasteiger partial charge in [0.25, 0.3) is 0 Å². The number of rotatable bonds is 6. The van der Waals surface area contributed by atoms with Gasteiger partial charge in [-0.15, -0.1) is 10.2 Å². The zero-order valence-corrected chi connectivity index (χ0v) is 15.4. The first kappa shape index (κ1) is 17.6. The Morgan fingerprint density at radius 2 is 1.81 bits per heavy atom. The molecule has 8 nitrogen and oxygen atoms in total. The van der Waals surface area contributed by atoms with Gasteiger partial charge < -0.3 is 9.67 Å². The zero-order chi connectivity index (χ0) is 17.8. The van der Waals surface area contributed by atoms with Crippen molar-refractivity contribution in [2.75, 3.05) is 32.7 Å². The second-order valence-electron chi connectivity index (χ2n) is 7.45. The number of hydrogen-bond donors (Lipinski definition) is 1. The number of piperazine rings is 1. The summed E-state index contributed by atoms with van der Waals surface area (Å²) in [6.45, 7) is 7.20. The van der Waals surface area contributed by atoms with Gasteiger partial charge in [-0.1, -0.05) is 6.42 Å². The van der Waals surface area contributed by atoms with Crippen LogP contribution in [0.15, 0.2) is 18.5 Å². The first-order chi connectivity index (χ1) is 12.8. The fraction of sp³-hybridized carbons (Fsp3) is 0.722. The molecule has 26 heavy (non-hydrogen) atoms. The van der Waals surface area contributed by atoms with Gasteiger partial charge >= 0.3 is 0 Å². The molecule has 4 rings (SSSR count). The number of aryl methyl sites for hydroxylation is 1. The molecule has 1 fully saturated rings. The smallest absolute Gasteiger partial charge is 0.147 e. The Bertz CT molecular complexity index is 676. The van der Waals surface area contributed by atoms with E-state index in [-0.39, 0.29) is 6.10 Å². The zero-order valence-electron chi connectivity index (χ0n) is 15.4. The summed E-state index contributed by atoms with van der Waals surface area (Å²) in [6.07, 6.45) is 8.09. The minimum atomic E-state index is -0.381. The molecular weight excluding hydrogens is 330 g/mol. The maximum Gasteiger partial charge on any atom is 0.147 e. The highest BCUT2D eigenvalue weighted by molar-refractivity contribution is 4.98. The highest BCUT2D eigenvalue weighted by Gasteiger charge is 2.22. The van der Waals surface area contributed by atoms with Gasteiger partial charge in [0, 0.05) is 58.1 Å². The molecule has 0 aliphatic carbocycles. The van der Waals surface area contributed by atoms with Gasteiger partial charge in [-0.2, -0.15) is 5.10 Å². The molecule has 8 heteroatoms. The maximum absolute atomic E-state index is 10.3.